The van der Waals surface area contributed by atoms with Gasteiger partial charge in [0.2, 0.25) is 0 Å². The predicted molar refractivity (Wildman–Crippen MR) is 128 cm³/mol. The molecule has 2 N–H and O–H groups in total. The van der Waals surface area contributed by atoms with E-state index in [9.17, 15) is 14.4 Å². The van der Waals surface area contributed by atoms with Crippen LogP contribution in [-0.2, 0) is 20.7 Å². The number of hydrogen-bond donors (Lipinski definition) is 2. The molecular weight excluding hydrogens is 434 g/mol. The number of ether oxygens (including phenoxy) is 2. The zero-order valence-electron chi connectivity index (χ0n) is 18.8. The highest BCUT2D eigenvalue weighted by atomic mass is 16.5. The topological polar surface area (TPSA) is 107 Å². The molecule has 0 unspecified atom stereocenters. The Balaban J connectivity index is 1.56. The second-order valence-corrected chi connectivity index (χ2v) is 7.78. The zero-order chi connectivity index (χ0) is 23.9. The molecule has 174 valence electrons. The van der Waals surface area contributed by atoms with Crippen molar-refractivity contribution in [2.75, 3.05) is 26.9 Å². The number of aromatic nitrogens is 1. The van der Waals surface area contributed by atoms with Crippen molar-refractivity contribution in [3.8, 4) is 0 Å². The molecule has 0 bridgehead atoms. The van der Waals surface area contributed by atoms with Crippen molar-refractivity contribution in [2.45, 2.75) is 12.8 Å². The van der Waals surface area contributed by atoms with Gasteiger partial charge in [0.15, 0.2) is 6.61 Å². The second kappa shape index (κ2) is 10.7. The monoisotopic (exact) mass is 459 g/mol. The number of urea groups is 1. The minimum absolute atomic E-state index is 0.253. The average Bonchev–Trinajstić information content (AvgIpc) is 3.23. The van der Waals surface area contributed by atoms with Crippen LogP contribution in [0.1, 0.15) is 33.6 Å². The zero-order valence-corrected chi connectivity index (χ0v) is 18.8. The first-order chi connectivity index (χ1) is 16.6. The fraction of sp³-hybridized carbons (Fsp3) is 0.231. The highest BCUT2D eigenvalue weighted by Gasteiger charge is 2.28. The number of pyridine rings is 1. The summed E-state index contributed by atoms with van der Waals surface area (Å²) in [6, 6.07) is 16.6. The number of hydrogen-bond acceptors (Lipinski definition) is 6. The Bertz CT molecular complexity index is 1250. The molecule has 34 heavy (non-hydrogen) atoms. The molecule has 1 heterocycles. The lowest BCUT2D eigenvalue weighted by molar-refractivity contribution is -0.123. The Morgan fingerprint density at radius 1 is 1.03 bits per heavy atom. The summed E-state index contributed by atoms with van der Waals surface area (Å²) < 4.78 is 10.1. The van der Waals surface area contributed by atoms with Gasteiger partial charge in [-0.25, -0.2) is 14.6 Å². The summed E-state index contributed by atoms with van der Waals surface area (Å²) in [5.74, 6) is -1.34. The van der Waals surface area contributed by atoms with Gasteiger partial charge in [-0.1, -0.05) is 48.5 Å². The number of benzene rings is 2. The Kier molecular flexibility index (Phi) is 7.29. The van der Waals surface area contributed by atoms with Crippen LogP contribution in [0.3, 0.4) is 0 Å². The molecule has 3 aromatic rings. The third-order valence-electron chi connectivity index (χ3n) is 5.47. The Hall–Kier alpha value is -4.04. The van der Waals surface area contributed by atoms with Gasteiger partial charge < -0.3 is 14.8 Å². The number of allylic oxidation sites excluding steroid dienone is 1. The summed E-state index contributed by atoms with van der Waals surface area (Å²) >= 11 is 0. The largest absolute Gasteiger partial charge is 0.452 e. The van der Waals surface area contributed by atoms with Crippen molar-refractivity contribution in [2.24, 2.45) is 0 Å². The van der Waals surface area contributed by atoms with Gasteiger partial charge in [-0.05, 0) is 41.7 Å². The number of nitrogens with one attached hydrogen (secondary N) is 2. The Morgan fingerprint density at radius 2 is 1.79 bits per heavy atom. The van der Waals surface area contributed by atoms with Crippen LogP contribution in [0.4, 0.5) is 4.79 Å². The molecule has 0 fully saturated rings. The number of imide groups is 1. The number of carbonyl (C=O) groups excluding carboxylic acids is 3. The normalized spacial score (nSPS) is 13.5. The van der Waals surface area contributed by atoms with Crippen LogP contribution in [0.2, 0.25) is 0 Å². The molecule has 0 saturated heterocycles. The number of para-hydroxylation sites is 1. The van der Waals surface area contributed by atoms with Crippen LogP contribution in [-0.4, -0.2) is 49.8 Å². The molecular formula is C26H25N3O5. The molecule has 3 amide bonds. The highest BCUT2D eigenvalue weighted by Crippen LogP contribution is 2.37. The van der Waals surface area contributed by atoms with Gasteiger partial charge in [0.05, 0.1) is 23.4 Å². The summed E-state index contributed by atoms with van der Waals surface area (Å²) in [5.41, 5.74) is 4.78. The lowest BCUT2D eigenvalue weighted by atomic mass is 10.0. The first-order valence-electron chi connectivity index (χ1n) is 11.0. The molecule has 2 aromatic carbocycles. The molecule has 8 nitrogen and oxygen atoms in total. The minimum atomic E-state index is -0.720. The number of fused-ring (bicyclic) bond motifs is 2. The molecule has 1 aliphatic carbocycles. The minimum Gasteiger partial charge on any atom is -0.452 e. The van der Waals surface area contributed by atoms with Gasteiger partial charge in [-0.2, -0.15) is 0 Å². The van der Waals surface area contributed by atoms with Crippen molar-refractivity contribution in [3.05, 3.63) is 77.0 Å². The first-order valence-corrected chi connectivity index (χ1v) is 11.0. The van der Waals surface area contributed by atoms with Gasteiger partial charge in [0.25, 0.3) is 5.91 Å². The summed E-state index contributed by atoms with van der Waals surface area (Å²) in [4.78, 5) is 41.7. The van der Waals surface area contributed by atoms with Gasteiger partial charge >= 0.3 is 12.0 Å². The van der Waals surface area contributed by atoms with Crippen molar-refractivity contribution >= 4 is 40.5 Å². The van der Waals surface area contributed by atoms with Gasteiger partial charge in [0, 0.05) is 19.0 Å². The van der Waals surface area contributed by atoms with Crippen LogP contribution in [0.25, 0.3) is 22.6 Å². The summed E-state index contributed by atoms with van der Waals surface area (Å²) in [6.07, 6.45) is 3.47. The molecule has 1 aromatic heterocycles. The fourth-order valence-electron chi connectivity index (χ4n) is 3.94. The van der Waals surface area contributed by atoms with E-state index < -0.39 is 24.5 Å². The molecule has 1 aliphatic rings. The Morgan fingerprint density at radius 3 is 2.59 bits per heavy atom. The smallest absolute Gasteiger partial charge is 0.339 e. The molecule has 0 atom stereocenters. The van der Waals surface area contributed by atoms with E-state index in [1.165, 1.54) is 7.11 Å². The van der Waals surface area contributed by atoms with Crippen molar-refractivity contribution in [3.63, 3.8) is 0 Å². The van der Waals surface area contributed by atoms with E-state index in [-0.39, 0.29) is 6.54 Å². The van der Waals surface area contributed by atoms with E-state index in [1.54, 1.807) is 0 Å². The molecule has 0 spiro atoms. The SMILES string of the molecule is COCCNC(=O)NC(=O)COC(=O)c1c2c(nc3ccccc13)/C(=C/c1ccccc1)CC2. The lowest BCUT2D eigenvalue weighted by Crippen LogP contribution is -2.42. The molecule has 8 heteroatoms. The third kappa shape index (κ3) is 5.29. The number of methoxy groups -OCH3 is 1. The van der Waals surface area contributed by atoms with Crippen LogP contribution in [0, 0.1) is 0 Å². The van der Waals surface area contributed by atoms with Crippen molar-refractivity contribution < 1.29 is 23.9 Å². The van der Waals surface area contributed by atoms with Crippen LogP contribution in [0.15, 0.2) is 54.6 Å². The van der Waals surface area contributed by atoms with E-state index in [0.717, 1.165) is 28.8 Å². The van der Waals surface area contributed by atoms with Crippen molar-refractivity contribution in [1.29, 1.82) is 0 Å². The number of esters is 1. The number of amides is 3. The van der Waals surface area contributed by atoms with Crippen LogP contribution < -0.4 is 10.6 Å². The molecule has 0 saturated carbocycles. The summed E-state index contributed by atoms with van der Waals surface area (Å²) in [7, 11) is 1.50. The van der Waals surface area contributed by atoms with Crippen molar-refractivity contribution in [1.82, 2.24) is 15.6 Å². The maximum absolute atomic E-state index is 13.1. The van der Waals surface area contributed by atoms with Gasteiger partial charge in [0.1, 0.15) is 0 Å². The second-order valence-electron chi connectivity index (χ2n) is 7.78. The lowest BCUT2D eigenvalue weighted by Gasteiger charge is -2.12. The Labute approximate surface area is 197 Å². The number of carbonyl (C=O) groups is 3. The first kappa shape index (κ1) is 23.1. The maximum atomic E-state index is 13.1. The van der Waals surface area contributed by atoms with E-state index in [1.807, 2.05) is 54.6 Å². The van der Waals surface area contributed by atoms with Gasteiger partial charge in [-0.3, -0.25) is 10.1 Å². The van der Waals surface area contributed by atoms with Gasteiger partial charge in [-0.15, -0.1) is 0 Å². The standard InChI is InChI=1S/C26H25N3O5/c1-33-14-13-27-26(32)29-22(30)16-34-25(31)23-19-9-5-6-10-21(19)28-24-18(11-12-20(23)24)15-17-7-3-2-4-8-17/h2-10,15H,11-14,16H2,1H3,(H2,27,29,30,32)/b18-15+. The summed E-state index contributed by atoms with van der Waals surface area (Å²) in [6.45, 7) is -0.00439. The van der Waals surface area contributed by atoms with E-state index in [2.05, 4.69) is 16.7 Å². The quantitative estimate of drug-likeness (QED) is 0.415. The van der Waals surface area contributed by atoms with E-state index in [0.29, 0.717) is 29.5 Å². The van der Waals surface area contributed by atoms with E-state index >= 15 is 0 Å². The third-order valence-corrected chi connectivity index (χ3v) is 5.47. The van der Waals surface area contributed by atoms with E-state index in [4.69, 9.17) is 14.5 Å². The highest BCUT2D eigenvalue weighted by molar-refractivity contribution is 6.08. The average molecular weight is 460 g/mol. The molecule has 4 rings (SSSR count). The van der Waals surface area contributed by atoms with Crippen LogP contribution in [0.5, 0.6) is 0 Å². The van der Waals surface area contributed by atoms with Crippen LogP contribution >= 0.6 is 0 Å². The fourth-order valence-corrected chi connectivity index (χ4v) is 3.94. The molecule has 0 aliphatic heterocycles. The predicted octanol–water partition coefficient (Wildman–Crippen LogP) is 3.35. The summed E-state index contributed by atoms with van der Waals surface area (Å²) in [5, 5.41) is 5.26. The number of rotatable bonds is 7. The number of nitrogens with zero attached hydrogens (tertiary/aromatic N) is 1. The molecule has 0 radical (unpaired) electrons. The maximum Gasteiger partial charge on any atom is 0.339 e.